The summed E-state index contributed by atoms with van der Waals surface area (Å²) in [7, 11) is 0. The zero-order valence-corrected chi connectivity index (χ0v) is 14.5. The van der Waals surface area contributed by atoms with Crippen LogP contribution >= 0.6 is 0 Å². The van der Waals surface area contributed by atoms with Crippen molar-refractivity contribution in [2.75, 3.05) is 0 Å². The number of carboxylic acid groups (broad SMARTS) is 1. The topological polar surface area (TPSA) is 66.8 Å². The molecular formula is C15H26F3NO4. The number of carboxylic acids is 1. The molecule has 0 heterocycles. The Morgan fingerprint density at radius 3 is 1.87 bits per heavy atom. The SMILES string of the molecule is CC(C)N(C(=O)OC(C)(C)C)C(C)(CCCC(F)(F)F)C(=O)O. The van der Waals surface area contributed by atoms with Gasteiger partial charge in [-0.1, -0.05) is 0 Å². The summed E-state index contributed by atoms with van der Waals surface area (Å²) in [5, 5.41) is 9.50. The van der Waals surface area contributed by atoms with Gasteiger partial charge in [0.15, 0.2) is 0 Å². The van der Waals surface area contributed by atoms with Crippen LogP contribution in [0.3, 0.4) is 0 Å². The summed E-state index contributed by atoms with van der Waals surface area (Å²) < 4.78 is 42.2. The van der Waals surface area contributed by atoms with Crippen molar-refractivity contribution >= 4 is 12.1 Å². The predicted molar refractivity (Wildman–Crippen MR) is 79.2 cm³/mol. The summed E-state index contributed by atoms with van der Waals surface area (Å²) in [5.41, 5.74) is -2.61. The molecule has 1 unspecified atom stereocenters. The molecule has 0 aliphatic carbocycles. The number of carbonyl (C=O) groups excluding carboxylic acids is 1. The molecule has 0 spiro atoms. The zero-order chi connectivity index (χ0) is 18.6. The second kappa shape index (κ2) is 7.40. The van der Waals surface area contributed by atoms with Crippen molar-refractivity contribution in [1.29, 1.82) is 0 Å². The number of amides is 1. The molecule has 1 N–H and O–H groups in total. The smallest absolute Gasteiger partial charge is 0.411 e. The highest BCUT2D eigenvalue weighted by Gasteiger charge is 2.45. The monoisotopic (exact) mass is 341 g/mol. The van der Waals surface area contributed by atoms with E-state index < -0.39 is 48.3 Å². The fourth-order valence-corrected chi connectivity index (χ4v) is 2.26. The molecule has 0 rings (SSSR count). The normalized spacial score (nSPS) is 15.2. The van der Waals surface area contributed by atoms with Crippen LogP contribution in [0.4, 0.5) is 18.0 Å². The van der Waals surface area contributed by atoms with Gasteiger partial charge in [-0.05, 0) is 54.4 Å². The van der Waals surface area contributed by atoms with E-state index in [1.165, 1.54) is 6.92 Å². The van der Waals surface area contributed by atoms with Gasteiger partial charge in [0.1, 0.15) is 11.1 Å². The Hall–Kier alpha value is -1.47. The Kier molecular flexibility index (Phi) is 6.93. The Morgan fingerprint density at radius 1 is 1.09 bits per heavy atom. The molecule has 0 saturated carbocycles. The maximum atomic E-state index is 12.3. The minimum atomic E-state index is -4.37. The molecule has 0 aromatic rings. The van der Waals surface area contributed by atoms with Gasteiger partial charge in [0.2, 0.25) is 0 Å². The van der Waals surface area contributed by atoms with E-state index in [-0.39, 0.29) is 6.42 Å². The fourth-order valence-electron chi connectivity index (χ4n) is 2.26. The van der Waals surface area contributed by atoms with Crippen molar-refractivity contribution in [1.82, 2.24) is 4.90 Å². The van der Waals surface area contributed by atoms with E-state index in [2.05, 4.69) is 0 Å². The number of hydrogen-bond acceptors (Lipinski definition) is 3. The third-order valence-electron chi connectivity index (χ3n) is 3.22. The van der Waals surface area contributed by atoms with E-state index >= 15 is 0 Å². The number of aliphatic carboxylic acids is 1. The first-order valence-electron chi connectivity index (χ1n) is 7.42. The molecule has 0 fully saturated rings. The van der Waals surface area contributed by atoms with Crippen LogP contribution in [-0.2, 0) is 9.53 Å². The highest BCUT2D eigenvalue weighted by molar-refractivity contribution is 5.84. The average Bonchev–Trinajstić information content (AvgIpc) is 2.23. The zero-order valence-electron chi connectivity index (χ0n) is 14.5. The van der Waals surface area contributed by atoms with Crippen LogP contribution in [0, 0.1) is 0 Å². The fraction of sp³-hybridized carbons (Fsp3) is 0.867. The molecule has 0 aliphatic rings. The van der Waals surface area contributed by atoms with Gasteiger partial charge >= 0.3 is 18.2 Å². The molecule has 1 amide bonds. The van der Waals surface area contributed by atoms with Crippen molar-refractivity contribution in [3.63, 3.8) is 0 Å². The van der Waals surface area contributed by atoms with Crippen molar-refractivity contribution in [3.8, 4) is 0 Å². The van der Waals surface area contributed by atoms with E-state index in [4.69, 9.17) is 4.74 Å². The lowest BCUT2D eigenvalue weighted by atomic mass is 9.91. The van der Waals surface area contributed by atoms with Crippen LogP contribution < -0.4 is 0 Å². The third kappa shape index (κ3) is 7.09. The Bertz CT molecular complexity index is 429. The molecule has 0 aromatic carbocycles. The molecular weight excluding hydrogens is 315 g/mol. The quantitative estimate of drug-likeness (QED) is 0.786. The second-order valence-electron chi connectivity index (χ2n) is 6.99. The summed E-state index contributed by atoms with van der Waals surface area (Å²) in [6, 6.07) is -0.545. The summed E-state index contributed by atoms with van der Waals surface area (Å²) in [6.07, 6.45) is -7.04. The molecule has 5 nitrogen and oxygen atoms in total. The van der Waals surface area contributed by atoms with E-state index in [1.807, 2.05) is 0 Å². The molecule has 23 heavy (non-hydrogen) atoms. The van der Waals surface area contributed by atoms with Gasteiger partial charge in [0.25, 0.3) is 0 Å². The number of alkyl halides is 3. The van der Waals surface area contributed by atoms with Crippen LogP contribution in [0.15, 0.2) is 0 Å². The van der Waals surface area contributed by atoms with Gasteiger partial charge in [-0.15, -0.1) is 0 Å². The number of nitrogens with zero attached hydrogens (tertiary/aromatic N) is 1. The third-order valence-corrected chi connectivity index (χ3v) is 3.22. The Labute approximate surface area is 134 Å². The number of halogens is 3. The lowest BCUT2D eigenvalue weighted by Gasteiger charge is -2.41. The van der Waals surface area contributed by atoms with Crippen LogP contribution in [0.2, 0.25) is 0 Å². The lowest BCUT2D eigenvalue weighted by Crippen LogP contribution is -2.58. The number of ether oxygens (including phenoxy) is 1. The highest BCUT2D eigenvalue weighted by Crippen LogP contribution is 2.30. The maximum absolute atomic E-state index is 12.3. The molecule has 8 heteroatoms. The van der Waals surface area contributed by atoms with Crippen molar-refractivity contribution in [2.24, 2.45) is 0 Å². The Balaban J connectivity index is 5.39. The largest absolute Gasteiger partial charge is 0.480 e. The molecule has 0 saturated heterocycles. The summed E-state index contributed by atoms with van der Waals surface area (Å²) >= 11 is 0. The molecule has 136 valence electrons. The van der Waals surface area contributed by atoms with E-state index in [1.54, 1.807) is 34.6 Å². The molecule has 0 aromatic heterocycles. The van der Waals surface area contributed by atoms with Gasteiger partial charge in [0, 0.05) is 12.5 Å². The molecule has 0 radical (unpaired) electrons. The number of hydrogen-bond donors (Lipinski definition) is 1. The minimum absolute atomic E-state index is 0.320. The van der Waals surface area contributed by atoms with Crippen molar-refractivity contribution in [2.45, 2.75) is 84.2 Å². The van der Waals surface area contributed by atoms with Crippen LogP contribution in [0.25, 0.3) is 0 Å². The van der Waals surface area contributed by atoms with E-state index in [0.717, 1.165) is 4.90 Å². The lowest BCUT2D eigenvalue weighted by molar-refractivity contribution is -0.155. The first-order chi connectivity index (χ1) is 10.1. The van der Waals surface area contributed by atoms with Gasteiger partial charge in [-0.25, -0.2) is 9.59 Å². The van der Waals surface area contributed by atoms with E-state index in [0.29, 0.717) is 0 Å². The van der Waals surface area contributed by atoms with Gasteiger partial charge in [-0.3, -0.25) is 4.90 Å². The second-order valence-corrected chi connectivity index (χ2v) is 6.99. The molecule has 1 atom stereocenters. The molecule has 0 aliphatic heterocycles. The summed E-state index contributed by atoms with van der Waals surface area (Å²) in [5.74, 6) is -1.36. The van der Waals surface area contributed by atoms with Crippen LogP contribution in [0.5, 0.6) is 0 Å². The summed E-state index contributed by atoms with van der Waals surface area (Å²) in [4.78, 5) is 25.0. The standard InChI is InChI=1S/C15H26F3NO4/c1-10(2)19(12(22)23-13(3,4)5)14(6,11(20)21)8-7-9-15(16,17)18/h10H,7-9H2,1-6H3,(H,20,21). The first-order valence-corrected chi connectivity index (χ1v) is 7.42. The number of rotatable bonds is 6. The van der Waals surface area contributed by atoms with Crippen molar-refractivity contribution in [3.05, 3.63) is 0 Å². The first kappa shape index (κ1) is 21.5. The summed E-state index contributed by atoms with van der Waals surface area (Å²) in [6.45, 7) is 9.32. The van der Waals surface area contributed by atoms with E-state index in [9.17, 15) is 27.9 Å². The minimum Gasteiger partial charge on any atom is -0.480 e. The predicted octanol–water partition coefficient (Wildman–Crippen LogP) is 4.21. The molecule has 0 bridgehead atoms. The van der Waals surface area contributed by atoms with Gasteiger partial charge in [-0.2, -0.15) is 13.2 Å². The Morgan fingerprint density at radius 2 is 1.57 bits per heavy atom. The average molecular weight is 341 g/mol. The van der Waals surface area contributed by atoms with Crippen LogP contribution in [-0.4, -0.2) is 45.4 Å². The van der Waals surface area contributed by atoms with Gasteiger partial charge in [0.05, 0.1) is 0 Å². The van der Waals surface area contributed by atoms with Gasteiger partial charge < -0.3 is 9.84 Å². The maximum Gasteiger partial charge on any atom is 0.411 e. The highest BCUT2D eigenvalue weighted by atomic mass is 19.4. The number of carbonyl (C=O) groups is 2. The van der Waals surface area contributed by atoms with Crippen LogP contribution in [0.1, 0.15) is 60.8 Å². The van der Waals surface area contributed by atoms with Crippen molar-refractivity contribution < 1.29 is 32.6 Å².